The summed E-state index contributed by atoms with van der Waals surface area (Å²) in [5, 5.41) is 0. The Kier molecular flexibility index (Phi) is 1.93. The molecule has 1 aliphatic heterocycles. The first-order valence-electron chi connectivity index (χ1n) is 5.67. The van der Waals surface area contributed by atoms with Gasteiger partial charge in [0.2, 0.25) is 0 Å². The highest BCUT2D eigenvalue weighted by molar-refractivity contribution is 5.56. The summed E-state index contributed by atoms with van der Waals surface area (Å²) in [6.45, 7) is 2.49. The third-order valence-electron chi connectivity index (χ3n) is 3.41. The number of anilines is 1. The zero-order valence-electron chi connectivity index (χ0n) is 8.50. The second kappa shape index (κ2) is 3.26. The van der Waals surface area contributed by atoms with Crippen molar-refractivity contribution in [2.75, 3.05) is 18.0 Å². The van der Waals surface area contributed by atoms with Crippen LogP contribution in [0.3, 0.4) is 0 Å². The molecule has 0 spiro atoms. The molecule has 1 aromatic rings. The highest BCUT2D eigenvalue weighted by Gasteiger charge is 2.21. The monoisotopic (exact) mass is 188 g/mol. The standard InChI is InChI=1S/C12H16N2/c1-2-9-14(8-1)12-6-7-13-11-5-3-4-10(11)12/h6-7H,1-5,8-9H2. The van der Waals surface area contributed by atoms with Crippen molar-refractivity contribution in [1.29, 1.82) is 0 Å². The summed E-state index contributed by atoms with van der Waals surface area (Å²) >= 11 is 0. The first-order valence-corrected chi connectivity index (χ1v) is 5.67. The molecule has 0 N–H and O–H groups in total. The molecule has 0 bridgehead atoms. The number of nitrogens with zero attached hydrogens (tertiary/aromatic N) is 2. The van der Waals surface area contributed by atoms with Crippen molar-refractivity contribution in [3.05, 3.63) is 23.5 Å². The van der Waals surface area contributed by atoms with Crippen LogP contribution in [0.2, 0.25) is 0 Å². The molecule has 1 aromatic heterocycles. The predicted molar refractivity (Wildman–Crippen MR) is 57.7 cm³/mol. The predicted octanol–water partition coefficient (Wildman–Crippen LogP) is 2.17. The summed E-state index contributed by atoms with van der Waals surface area (Å²) in [5.41, 5.74) is 4.37. The molecule has 1 saturated heterocycles. The van der Waals surface area contributed by atoms with Crippen LogP contribution in [0.25, 0.3) is 0 Å². The van der Waals surface area contributed by atoms with Gasteiger partial charge in [-0.1, -0.05) is 0 Å². The van der Waals surface area contributed by atoms with Crippen molar-refractivity contribution < 1.29 is 0 Å². The lowest BCUT2D eigenvalue weighted by molar-refractivity contribution is 0.895. The minimum absolute atomic E-state index is 1.19. The maximum atomic E-state index is 4.46. The van der Waals surface area contributed by atoms with Crippen molar-refractivity contribution in [1.82, 2.24) is 4.98 Å². The molecule has 2 heterocycles. The second-order valence-electron chi connectivity index (χ2n) is 4.30. The van der Waals surface area contributed by atoms with Gasteiger partial charge in [0, 0.05) is 30.7 Å². The van der Waals surface area contributed by atoms with Gasteiger partial charge in [-0.15, -0.1) is 0 Å². The van der Waals surface area contributed by atoms with E-state index in [-0.39, 0.29) is 0 Å². The number of rotatable bonds is 1. The number of aromatic nitrogens is 1. The summed E-state index contributed by atoms with van der Waals surface area (Å²) in [5.74, 6) is 0. The van der Waals surface area contributed by atoms with Crippen LogP contribution in [0.15, 0.2) is 12.3 Å². The van der Waals surface area contributed by atoms with E-state index in [1.165, 1.54) is 62.1 Å². The Labute approximate surface area is 85.0 Å². The molecule has 0 aromatic carbocycles. The van der Waals surface area contributed by atoms with Gasteiger partial charge in [0.15, 0.2) is 0 Å². The molecule has 0 saturated carbocycles. The van der Waals surface area contributed by atoms with E-state index in [1.807, 2.05) is 6.20 Å². The molecule has 0 radical (unpaired) electrons. The van der Waals surface area contributed by atoms with Gasteiger partial charge in [-0.25, -0.2) is 0 Å². The lowest BCUT2D eigenvalue weighted by atomic mass is 10.1. The van der Waals surface area contributed by atoms with E-state index in [2.05, 4.69) is 16.0 Å². The van der Waals surface area contributed by atoms with Crippen molar-refractivity contribution in [3.8, 4) is 0 Å². The van der Waals surface area contributed by atoms with Crippen LogP contribution in [0.5, 0.6) is 0 Å². The normalized spacial score (nSPS) is 20.1. The summed E-state index contributed by atoms with van der Waals surface area (Å²) < 4.78 is 0. The van der Waals surface area contributed by atoms with Crippen LogP contribution in [-0.4, -0.2) is 18.1 Å². The van der Waals surface area contributed by atoms with Crippen molar-refractivity contribution >= 4 is 5.69 Å². The quantitative estimate of drug-likeness (QED) is 0.671. The zero-order valence-corrected chi connectivity index (χ0v) is 8.50. The van der Waals surface area contributed by atoms with E-state index in [0.717, 1.165) is 0 Å². The van der Waals surface area contributed by atoms with Crippen molar-refractivity contribution in [2.45, 2.75) is 32.1 Å². The van der Waals surface area contributed by atoms with Gasteiger partial charge in [0.25, 0.3) is 0 Å². The molecule has 0 amide bonds. The molecule has 0 atom stereocenters. The molecule has 14 heavy (non-hydrogen) atoms. The molecule has 74 valence electrons. The molecular formula is C12H16N2. The molecule has 0 unspecified atom stereocenters. The lowest BCUT2D eigenvalue weighted by Gasteiger charge is -2.20. The van der Waals surface area contributed by atoms with Gasteiger partial charge >= 0.3 is 0 Å². The fourth-order valence-corrected chi connectivity index (χ4v) is 2.70. The maximum Gasteiger partial charge on any atom is 0.0456 e. The van der Waals surface area contributed by atoms with Crippen LogP contribution in [0.4, 0.5) is 5.69 Å². The Balaban J connectivity index is 2.00. The largest absolute Gasteiger partial charge is 0.371 e. The van der Waals surface area contributed by atoms with E-state index in [0.29, 0.717) is 0 Å². The van der Waals surface area contributed by atoms with Crippen LogP contribution in [0, 0.1) is 0 Å². The van der Waals surface area contributed by atoms with Gasteiger partial charge in [-0.3, -0.25) is 4.98 Å². The Morgan fingerprint density at radius 2 is 1.93 bits per heavy atom. The van der Waals surface area contributed by atoms with Gasteiger partial charge in [-0.05, 0) is 43.7 Å². The molecule has 1 fully saturated rings. The average molecular weight is 188 g/mol. The van der Waals surface area contributed by atoms with Crippen molar-refractivity contribution in [3.63, 3.8) is 0 Å². The average Bonchev–Trinajstić information content (AvgIpc) is 2.88. The molecule has 3 rings (SSSR count). The first-order chi connectivity index (χ1) is 6.95. The molecule has 1 aliphatic carbocycles. The minimum atomic E-state index is 1.19. The van der Waals surface area contributed by atoms with E-state index >= 15 is 0 Å². The highest BCUT2D eigenvalue weighted by atomic mass is 15.1. The summed E-state index contributed by atoms with van der Waals surface area (Å²) in [6, 6.07) is 2.20. The SMILES string of the molecule is c1cc(N2CCCC2)c2c(n1)CCC2. The number of pyridine rings is 1. The van der Waals surface area contributed by atoms with E-state index < -0.39 is 0 Å². The number of hydrogen-bond acceptors (Lipinski definition) is 2. The molecule has 2 heteroatoms. The van der Waals surface area contributed by atoms with Crippen LogP contribution in [0.1, 0.15) is 30.5 Å². The van der Waals surface area contributed by atoms with Crippen LogP contribution >= 0.6 is 0 Å². The van der Waals surface area contributed by atoms with E-state index in [4.69, 9.17) is 0 Å². The maximum absolute atomic E-state index is 4.46. The Bertz CT molecular complexity index is 340. The third-order valence-corrected chi connectivity index (χ3v) is 3.41. The molecule has 2 aliphatic rings. The topological polar surface area (TPSA) is 16.1 Å². The Morgan fingerprint density at radius 1 is 1.07 bits per heavy atom. The van der Waals surface area contributed by atoms with E-state index in [1.54, 1.807) is 0 Å². The van der Waals surface area contributed by atoms with Gasteiger partial charge in [-0.2, -0.15) is 0 Å². The number of fused-ring (bicyclic) bond motifs is 1. The zero-order chi connectivity index (χ0) is 9.38. The van der Waals surface area contributed by atoms with Gasteiger partial charge < -0.3 is 4.90 Å². The minimum Gasteiger partial charge on any atom is -0.371 e. The van der Waals surface area contributed by atoms with Crippen LogP contribution in [-0.2, 0) is 12.8 Å². The Morgan fingerprint density at radius 3 is 2.79 bits per heavy atom. The summed E-state index contributed by atoms with van der Waals surface area (Å²) in [7, 11) is 0. The summed E-state index contributed by atoms with van der Waals surface area (Å²) in [4.78, 5) is 7.00. The fourth-order valence-electron chi connectivity index (χ4n) is 2.70. The summed E-state index contributed by atoms with van der Waals surface area (Å²) in [6.07, 6.45) is 8.44. The number of aryl methyl sites for hydroxylation is 1. The third kappa shape index (κ3) is 1.21. The number of hydrogen-bond donors (Lipinski definition) is 0. The van der Waals surface area contributed by atoms with Gasteiger partial charge in [0.05, 0.1) is 0 Å². The van der Waals surface area contributed by atoms with Crippen LogP contribution < -0.4 is 4.90 Å². The first kappa shape index (κ1) is 8.27. The molecular weight excluding hydrogens is 172 g/mol. The smallest absolute Gasteiger partial charge is 0.0456 e. The highest BCUT2D eigenvalue weighted by Crippen LogP contribution is 2.31. The molecule has 2 nitrogen and oxygen atoms in total. The van der Waals surface area contributed by atoms with E-state index in [9.17, 15) is 0 Å². The van der Waals surface area contributed by atoms with Crippen molar-refractivity contribution in [2.24, 2.45) is 0 Å². The van der Waals surface area contributed by atoms with Gasteiger partial charge in [0.1, 0.15) is 0 Å². The fraction of sp³-hybridized carbons (Fsp3) is 0.583. The second-order valence-corrected chi connectivity index (χ2v) is 4.30. The Hall–Kier alpha value is -1.05. The lowest BCUT2D eigenvalue weighted by Crippen LogP contribution is -2.19.